The molecule has 1 fully saturated rings. The molecule has 0 aromatic heterocycles. The van der Waals surface area contributed by atoms with E-state index in [9.17, 15) is 14.4 Å². The van der Waals surface area contributed by atoms with E-state index in [1.165, 1.54) is 12.1 Å². The van der Waals surface area contributed by atoms with Crippen molar-refractivity contribution in [3.63, 3.8) is 0 Å². The van der Waals surface area contributed by atoms with Crippen LogP contribution in [0.4, 0.5) is 4.39 Å². The fourth-order valence-corrected chi connectivity index (χ4v) is 3.05. The van der Waals surface area contributed by atoms with Gasteiger partial charge in [-0.3, -0.25) is 4.79 Å². The van der Waals surface area contributed by atoms with Crippen LogP contribution in [0.5, 0.6) is 0 Å². The van der Waals surface area contributed by atoms with Gasteiger partial charge in [-0.1, -0.05) is 36.4 Å². The highest BCUT2D eigenvalue weighted by molar-refractivity contribution is 5.90. The van der Waals surface area contributed by atoms with Crippen molar-refractivity contribution >= 4 is 17.9 Å². The minimum absolute atomic E-state index is 0.212. The zero-order chi connectivity index (χ0) is 21.7. The molecule has 30 heavy (non-hydrogen) atoms. The summed E-state index contributed by atoms with van der Waals surface area (Å²) in [5.41, 5.74) is -1.85. The summed E-state index contributed by atoms with van der Waals surface area (Å²) < 4.78 is 36.4. The predicted octanol–water partition coefficient (Wildman–Crippen LogP) is 3.09. The Hall–Kier alpha value is -3.26. The second-order valence-electron chi connectivity index (χ2n) is 6.92. The second-order valence-corrected chi connectivity index (χ2v) is 6.92. The standard InChI is InChI=1S/C22H21FO7/c1-14(24)28-21-22(2,23)18(30-20(26)16-11-7-4-8-12-16)17(29-21)13-27-19(25)15-9-5-3-6-10-15/h3-12,17-18,21H,13H2,1-2H3/t17-,18?,21-,22-/m1/s1. The molecule has 4 atom stereocenters. The van der Waals surface area contributed by atoms with Gasteiger partial charge in [-0.2, -0.15) is 0 Å². The third-order valence-electron chi connectivity index (χ3n) is 4.56. The zero-order valence-corrected chi connectivity index (χ0v) is 16.4. The molecule has 0 aliphatic carbocycles. The Balaban J connectivity index is 1.76. The van der Waals surface area contributed by atoms with Crippen molar-refractivity contribution in [2.75, 3.05) is 6.61 Å². The van der Waals surface area contributed by atoms with Crippen molar-refractivity contribution in [3.8, 4) is 0 Å². The number of alkyl halides is 1. The summed E-state index contributed by atoms with van der Waals surface area (Å²) in [7, 11) is 0. The summed E-state index contributed by atoms with van der Waals surface area (Å²) in [6.45, 7) is 1.80. The first-order valence-electron chi connectivity index (χ1n) is 9.29. The number of hydrogen-bond donors (Lipinski definition) is 0. The topological polar surface area (TPSA) is 88.1 Å². The highest BCUT2D eigenvalue weighted by atomic mass is 19.1. The first-order valence-corrected chi connectivity index (χ1v) is 9.29. The first kappa shape index (κ1) is 21.4. The van der Waals surface area contributed by atoms with Crippen LogP contribution in [0.2, 0.25) is 0 Å². The quantitative estimate of drug-likeness (QED) is 0.528. The molecule has 1 aliphatic heterocycles. The zero-order valence-electron chi connectivity index (χ0n) is 16.4. The Morgan fingerprint density at radius 3 is 2.00 bits per heavy atom. The number of esters is 3. The van der Waals surface area contributed by atoms with Crippen LogP contribution >= 0.6 is 0 Å². The van der Waals surface area contributed by atoms with Crippen molar-refractivity contribution in [1.29, 1.82) is 0 Å². The maximum atomic E-state index is 15.5. The molecule has 1 heterocycles. The number of halogens is 1. The minimum Gasteiger partial charge on any atom is -0.459 e. The van der Waals surface area contributed by atoms with Gasteiger partial charge in [0.05, 0.1) is 11.1 Å². The molecule has 0 N–H and O–H groups in total. The molecule has 7 nitrogen and oxygen atoms in total. The second kappa shape index (κ2) is 9.04. The summed E-state index contributed by atoms with van der Waals surface area (Å²) >= 11 is 0. The van der Waals surface area contributed by atoms with Crippen molar-refractivity contribution < 1.29 is 37.7 Å². The van der Waals surface area contributed by atoms with Crippen LogP contribution in [0.25, 0.3) is 0 Å². The SMILES string of the molecule is CC(=O)O[C@@H]1O[C@H](COC(=O)c2ccccc2)C(OC(=O)c2ccccc2)[C@@]1(C)F. The molecule has 3 rings (SSSR count). The van der Waals surface area contributed by atoms with E-state index in [4.69, 9.17) is 18.9 Å². The van der Waals surface area contributed by atoms with Gasteiger partial charge in [0.25, 0.3) is 0 Å². The molecule has 2 aromatic rings. The Morgan fingerprint density at radius 1 is 0.933 bits per heavy atom. The molecule has 8 heteroatoms. The molecular weight excluding hydrogens is 395 g/mol. The average Bonchev–Trinajstić information content (AvgIpc) is 2.96. The Bertz CT molecular complexity index is 898. The van der Waals surface area contributed by atoms with Crippen LogP contribution in [-0.4, -0.2) is 48.7 Å². The Morgan fingerprint density at radius 2 is 1.47 bits per heavy atom. The number of carbonyl (C=O) groups is 3. The molecule has 2 aromatic carbocycles. The van der Waals surface area contributed by atoms with E-state index in [1.807, 2.05) is 0 Å². The van der Waals surface area contributed by atoms with E-state index in [1.54, 1.807) is 48.5 Å². The third-order valence-corrected chi connectivity index (χ3v) is 4.56. The van der Waals surface area contributed by atoms with Crippen molar-refractivity contribution in [1.82, 2.24) is 0 Å². The van der Waals surface area contributed by atoms with E-state index in [2.05, 4.69) is 0 Å². The molecule has 1 saturated heterocycles. The number of carbonyl (C=O) groups excluding carboxylic acids is 3. The highest BCUT2D eigenvalue weighted by Gasteiger charge is 2.59. The minimum atomic E-state index is -2.36. The fraction of sp³-hybridized carbons (Fsp3) is 0.318. The van der Waals surface area contributed by atoms with Crippen LogP contribution in [-0.2, 0) is 23.7 Å². The van der Waals surface area contributed by atoms with Crippen molar-refractivity contribution in [2.45, 2.75) is 38.0 Å². The molecule has 0 amide bonds. The summed E-state index contributed by atoms with van der Waals surface area (Å²) in [4.78, 5) is 36.0. The van der Waals surface area contributed by atoms with Gasteiger partial charge in [-0.25, -0.2) is 14.0 Å². The molecular formula is C22H21FO7. The van der Waals surface area contributed by atoms with Gasteiger partial charge in [0.2, 0.25) is 12.0 Å². The smallest absolute Gasteiger partial charge is 0.338 e. The molecule has 0 spiro atoms. The lowest BCUT2D eigenvalue weighted by atomic mass is 9.99. The van der Waals surface area contributed by atoms with Crippen LogP contribution < -0.4 is 0 Å². The van der Waals surface area contributed by atoms with Gasteiger partial charge >= 0.3 is 17.9 Å². The highest BCUT2D eigenvalue weighted by Crippen LogP contribution is 2.38. The average molecular weight is 416 g/mol. The number of ether oxygens (including phenoxy) is 4. The van der Waals surface area contributed by atoms with E-state index < -0.39 is 48.7 Å². The van der Waals surface area contributed by atoms with Gasteiger partial charge in [-0.05, 0) is 31.2 Å². The molecule has 158 valence electrons. The lowest BCUT2D eigenvalue weighted by Crippen LogP contribution is -2.46. The van der Waals surface area contributed by atoms with E-state index in [0.29, 0.717) is 5.56 Å². The predicted molar refractivity (Wildman–Crippen MR) is 102 cm³/mol. The van der Waals surface area contributed by atoms with Crippen molar-refractivity contribution in [3.05, 3.63) is 71.8 Å². The summed E-state index contributed by atoms with van der Waals surface area (Å²) in [6, 6.07) is 16.2. The van der Waals surface area contributed by atoms with Gasteiger partial charge in [-0.15, -0.1) is 0 Å². The van der Waals surface area contributed by atoms with E-state index >= 15 is 4.39 Å². The molecule has 0 bridgehead atoms. The molecule has 0 radical (unpaired) electrons. The van der Waals surface area contributed by atoms with Gasteiger partial charge in [0.15, 0.2) is 6.10 Å². The third kappa shape index (κ3) is 4.83. The Labute approximate surface area is 172 Å². The summed E-state index contributed by atoms with van der Waals surface area (Å²) in [5, 5.41) is 0. The number of hydrogen-bond acceptors (Lipinski definition) is 7. The lowest BCUT2D eigenvalue weighted by molar-refractivity contribution is -0.193. The summed E-state index contributed by atoms with van der Waals surface area (Å²) in [6.07, 6.45) is -4.27. The number of benzene rings is 2. The summed E-state index contributed by atoms with van der Waals surface area (Å²) in [5.74, 6) is -2.20. The number of rotatable bonds is 6. The first-order chi connectivity index (χ1) is 14.3. The van der Waals surface area contributed by atoms with Crippen LogP contribution in [0.15, 0.2) is 60.7 Å². The van der Waals surface area contributed by atoms with Gasteiger partial charge < -0.3 is 18.9 Å². The van der Waals surface area contributed by atoms with Crippen LogP contribution in [0.1, 0.15) is 34.6 Å². The van der Waals surface area contributed by atoms with E-state index in [-0.39, 0.29) is 5.56 Å². The maximum absolute atomic E-state index is 15.5. The Kier molecular flexibility index (Phi) is 6.47. The molecule has 1 aliphatic rings. The molecule has 0 saturated carbocycles. The lowest BCUT2D eigenvalue weighted by Gasteiger charge is -2.26. The van der Waals surface area contributed by atoms with Crippen LogP contribution in [0.3, 0.4) is 0 Å². The van der Waals surface area contributed by atoms with E-state index in [0.717, 1.165) is 13.8 Å². The maximum Gasteiger partial charge on any atom is 0.338 e. The van der Waals surface area contributed by atoms with Crippen LogP contribution in [0, 0.1) is 0 Å². The normalized spacial score (nSPS) is 25.4. The largest absolute Gasteiger partial charge is 0.459 e. The monoisotopic (exact) mass is 416 g/mol. The van der Waals surface area contributed by atoms with Gasteiger partial charge in [0.1, 0.15) is 12.7 Å². The van der Waals surface area contributed by atoms with Gasteiger partial charge in [0, 0.05) is 6.92 Å². The van der Waals surface area contributed by atoms with Crippen molar-refractivity contribution in [2.24, 2.45) is 0 Å². The molecule has 1 unspecified atom stereocenters. The fourth-order valence-electron chi connectivity index (χ4n) is 3.05.